The molecule has 15 heavy (non-hydrogen) atoms. The topological polar surface area (TPSA) is 38.9 Å². The van der Waals surface area contributed by atoms with Crippen LogP contribution in [-0.4, -0.2) is 4.98 Å². The largest absolute Gasteiger partial charge is 0.318 e. The van der Waals surface area contributed by atoms with Crippen molar-refractivity contribution >= 4 is 27.3 Å². The summed E-state index contributed by atoms with van der Waals surface area (Å²) in [5.41, 5.74) is 6.85. The third kappa shape index (κ3) is 2.25. The third-order valence-electron chi connectivity index (χ3n) is 2.02. The van der Waals surface area contributed by atoms with Crippen molar-refractivity contribution in [2.45, 2.75) is 6.04 Å². The molecule has 0 aliphatic heterocycles. The van der Waals surface area contributed by atoms with Crippen molar-refractivity contribution in [2.24, 2.45) is 5.73 Å². The van der Waals surface area contributed by atoms with Crippen LogP contribution >= 0.6 is 27.3 Å². The Morgan fingerprint density at radius 3 is 2.87 bits per heavy atom. The fourth-order valence-electron chi connectivity index (χ4n) is 1.27. The van der Waals surface area contributed by atoms with Crippen molar-refractivity contribution in [3.8, 4) is 0 Å². The molecule has 1 aromatic heterocycles. The van der Waals surface area contributed by atoms with Gasteiger partial charge in [-0.3, -0.25) is 0 Å². The summed E-state index contributed by atoms with van der Waals surface area (Å²) in [6, 6.07) is 4.17. The molecule has 0 amide bonds. The van der Waals surface area contributed by atoms with Crippen LogP contribution in [0.25, 0.3) is 0 Å². The quantitative estimate of drug-likeness (QED) is 0.921. The molecule has 2 rings (SSSR count). The van der Waals surface area contributed by atoms with Crippen LogP contribution in [0.4, 0.5) is 4.39 Å². The highest BCUT2D eigenvalue weighted by Gasteiger charge is 2.14. The van der Waals surface area contributed by atoms with Crippen LogP contribution in [-0.2, 0) is 0 Å². The van der Waals surface area contributed by atoms with Gasteiger partial charge in [-0.25, -0.2) is 9.37 Å². The van der Waals surface area contributed by atoms with E-state index in [1.54, 1.807) is 12.3 Å². The average Bonchev–Trinajstić information content (AvgIpc) is 2.69. The summed E-state index contributed by atoms with van der Waals surface area (Å²) < 4.78 is 13.5. The Morgan fingerprint density at radius 2 is 2.27 bits per heavy atom. The van der Waals surface area contributed by atoms with E-state index in [2.05, 4.69) is 20.9 Å². The summed E-state index contributed by atoms with van der Waals surface area (Å²) in [5, 5.41) is 2.69. The van der Waals surface area contributed by atoms with Crippen LogP contribution in [0.2, 0.25) is 0 Å². The highest BCUT2D eigenvalue weighted by atomic mass is 79.9. The maximum atomic E-state index is 12.9. The van der Waals surface area contributed by atoms with Crippen LogP contribution in [0, 0.1) is 5.82 Å². The predicted molar refractivity (Wildman–Crippen MR) is 62.2 cm³/mol. The number of nitrogens with two attached hydrogens (primary N) is 1. The van der Waals surface area contributed by atoms with E-state index in [1.165, 1.54) is 23.5 Å². The number of benzene rings is 1. The van der Waals surface area contributed by atoms with Crippen LogP contribution < -0.4 is 5.73 Å². The zero-order valence-corrected chi connectivity index (χ0v) is 10.1. The lowest BCUT2D eigenvalue weighted by molar-refractivity contribution is 0.625. The number of nitrogens with zero attached hydrogens (tertiary/aromatic N) is 1. The van der Waals surface area contributed by atoms with Crippen molar-refractivity contribution in [3.63, 3.8) is 0 Å². The van der Waals surface area contributed by atoms with E-state index in [0.29, 0.717) is 4.47 Å². The highest BCUT2D eigenvalue weighted by Crippen LogP contribution is 2.28. The zero-order chi connectivity index (χ0) is 10.8. The minimum atomic E-state index is -0.306. The second-order valence-electron chi connectivity index (χ2n) is 3.01. The predicted octanol–water partition coefficient (Wildman–Crippen LogP) is 3.09. The summed E-state index contributed by atoms with van der Waals surface area (Å²) in [6.07, 6.45) is 1.71. The Balaban J connectivity index is 2.38. The first-order chi connectivity index (χ1) is 7.18. The second kappa shape index (κ2) is 4.38. The molecule has 0 fully saturated rings. The maximum absolute atomic E-state index is 12.9. The normalized spacial score (nSPS) is 12.7. The highest BCUT2D eigenvalue weighted by molar-refractivity contribution is 9.10. The third-order valence-corrected chi connectivity index (χ3v) is 3.56. The van der Waals surface area contributed by atoms with E-state index in [-0.39, 0.29) is 11.9 Å². The summed E-state index contributed by atoms with van der Waals surface area (Å²) in [5.74, 6) is -0.281. The minimum absolute atomic E-state index is 0.281. The van der Waals surface area contributed by atoms with E-state index in [4.69, 9.17) is 5.73 Å². The van der Waals surface area contributed by atoms with Gasteiger partial charge in [-0.1, -0.05) is 22.0 Å². The number of halogens is 2. The molecule has 0 bridgehead atoms. The summed E-state index contributed by atoms with van der Waals surface area (Å²) in [6.45, 7) is 0. The lowest BCUT2D eigenvalue weighted by Crippen LogP contribution is -2.12. The van der Waals surface area contributed by atoms with Crippen LogP contribution in [0.15, 0.2) is 34.2 Å². The van der Waals surface area contributed by atoms with Gasteiger partial charge in [0.15, 0.2) is 0 Å². The van der Waals surface area contributed by atoms with Crippen LogP contribution in [0.1, 0.15) is 16.6 Å². The summed E-state index contributed by atoms with van der Waals surface area (Å²) in [7, 11) is 0. The van der Waals surface area contributed by atoms with Gasteiger partial charge in [0, 0.05) is 16.0 Å². The fourth-order valence-corrected chi connectivity index (χ4v) is 2.53. The van der Waals surface area contributed by atoms with Gasteiger partial charge in [-0.2, -0.15) is 0 Å². The van der Waals surface area contributed by atoms with Gasteiger partial charge in [-0.05, 0) is 17.7 Å². The molecule has 78 valence electrons. The minimum Gasteiger partial charge on any atom is -0.318 e. The molecule has 0 radical (unpaired) electrons. The van der Waals surface area contributed by atoms with Gasteiger partial charge >= 0.3 is 0 Å². The van der Waals surface area contributed by atoms with E-state index < -0.39 is 0 Å². The molecule has 2 N–H and O–H groups in total. The summed E-state index contributed by atoms with van der Waals surface area (Å²) >= 11 is 4.78. The smallest absolute Gasteiger partial charge is 0.124 e. The molecule has 5 heteroatoms. The number of hydrogen-bond acceptors (Lipinski definition) is 3. The number of rotatable bonds is 2. The van der Waals surface area contributed by atoms with Gasteiger partial charge in [0.1, 0.15) is 10.8 Å². The molecular formula is C10H8BrFN2S. The van der Waals surface area contributed by atoms with E-state index in [1.807, 2.05) is 5.38 Å². The zero-order valence-electron chi connectivity index (χ0n) is 7.65. The Morgan fingerprint density at radius 1 is 1.47 bits per heavy atom. The first-order valence-corrected chi connectivity index (χ1v) is 5.95. The molecule has 0 aliphatic rings. The molecule has 0 spiro atoms. The van der Waals surface area contributed by atoms with E-state index >= 15 is 0 Å². The van der Waals surface area contributed by atoms with Crippen molar-refractivity contribution in [1.82, 2.24) is 4.98 Å². The van der Waals surface area contributed by atoms with Crippen molar-refractivity contribution < 1.29 is 4.39 Å². The number of aromatic nitrogens is 1. The Bertz CT molecular complexity index is 458. The lowest BCUT2D eigenvalue weighted by Gasteiger charge is -2.10. The van der Waals surface area contributed by atoms with Gasteiger partial charge in [0.05, 0.1) is 6.04 Å². The van der Waals surface area contributed by atoms with Gasteiger partial charge in [0.25, 0.3) is 0 Å². The molecule has 1 unspecified atom stereocenters. The lowest BCUT2D eigenvalue weighted by atomic mass is 10.1. The Kier molecular flexibility index (Phi) is 3.14. The van der Waals surface area contributed by atoms with Gasteiger partial charge < -0.3 is 5.73 Å². The SMILES string of the molecule is NC(c1nccs1)c1ccc(F)cc1Br. The first kappa shape index (κ1) is 10.7. The second-order valence-corrected chi connectivity index (χ2v) is 4.79. The maximum Gasteiger partial charge on any atom is 0.124 e. The molecule has 1 atom stereocenters. The number of hydrogen-bond donors (Lipinski definition) is 1. The average molecular weight is 287 g/mol. The number of thiazole rings is 1. The Labute approximate surface area is 99.1 Å². The van der Waals surface area contributed by atoms with Crippen molar-refractivity contribution in [3.05, 3.63) is 50.6 Å². The molecule has 1 heterocycles. The molecule has 0 saturated heterocycles. The fraction of sp³-hybridized carbons (Fsp3) is 0.100. The van der Waals surface area contributed by atoms with Crippen molar-refractivity contribution in [1.29, 1.82) is 0 Å². The van der Waals surface area contributed by atoms with Crippen LogP contribution in [0.5, 0.6) is 0 Å². The van der Waals surface area contributed by atoms with Gasteiger partial charge in [0.2, 0.25) is 0 Å². The molecule has 2 aromatic rings. The Hall–Kier alpha value is -0.780. The monoisotopic (exact) mass is 286 g/mol. The molecular weight excluding hydrogens is 279 g/mol. The van der Waals surface area contributed by atoms with E-state index in [0.717, 1.165) is 10.6 Å². The van der Waals surface area contributed by atoms with Crippen LogP contribution in [0.3, 0.4) is 0 Å². The first-order valence-electron chi connectivity index (χ1n) is 4.28. The molecule has 0 saturated carbocycles. The summed E-state index contributed by atoms with van der Waals surface area (Å²) in [4.78, 5) is 4.14. The standard InChI is InChI=1S/C10H8BrFN2S/c11-8-5-6(12)1-2-7(8)9(13)10-14-3-4-15-10/h1-5,9H,13H2. The molecule has 0 aliphatic carbocycles. The van der Waals surface area contributed by atoms with Gasteiger partial charge in [-0.15, -0.1) is 11.3 Å². The van der Waals surface area contributed by atoms with Crippen molar-refractivity contribution in [2.75, 3.05) is 0 Å². The van der Waals surface area contributed by atoms with E-state index in [9.17, 15) is 4.39 Å². The molecule has 1 aromatic carbocycles. The molecule has 2 nitrogen and oxygen atoms in total.